The summed E-state index contributed by atoms with van der Waals surface area (Å²) in [7, 11) is -3.96. The largest absolute Gasteiger partial charge is 0.352 e. The van der Waals surface area contributed by atoms with Gasteiger partial charge in [-0.2, -0.15) is 4.31 Å². The van der Waals surface area contributed by atoms with Crippen LogP contribution in [0.3, 0.4) is 0 Å². The number of sulfonamides is 1. The van der Waals surface area contributed by atoms with E-state index >= 15 is 0 Å². The number of hydrogen-bond donors (Lipinski definition) is 0. The van der Waals surface area contributed by atoms with Crippen LogP contribution < -0.4 is 4.90 Å². The number of nitro groups is 1. The molecule has 1 saturated heterocycles. The fourth-order valence-electron chi connectivity index (χ4n) is 3.14. The summed E-state index contributed by atoms with van der Waals surface area (Å²) in [5.41, 5.74) is -0.420. The van der Waals surface area contributed by atoms with E-state index in [0.717, 1.165) is 0 Å². The predicted octanol–water partition coefficient (Wildman–Crippen LogP) is 1.08. The van der Waals surface area contributed by atoms with Gasteiger partial charge in [-0.1, -0.05) is 12.1 Å². The van der Waals surface area contributed by atoms with Crippen LogP contribution in [-0.2, 0) is 10.0 Å². The maximum Gasteiger partial charge on any atom is 0.289 e. The third-order valence-electron chi connectivity index (χ3n) is 4.65. The van der Waals surface area contributed by atoms with E-state index in [0.29, 0.717) is 24.7 Å². The SMILES string of the molecule is O=[N+]([O-])c1ccccc1S(=O)(=O)N1CCN(c2ccc(-n3ccnc3)nn2)CC1. The Bertz CT molecular complexity index is 1110. The first-order valence-electron chi connectivity index (χ1n) is 8.77. The second-order valence-electron chi connectivity index (χ2n) is 6.34. The Morgan fingerprint density at radius 2 is 1.66 bits per heavy atom. The van der Waals surface area contributed by atoms with E-state index in [1.807, 2.05) is 11.0 Å². The highest BCUT2D eigenvalue weighted by Crippen LogP contribution is 2.27. The van der Waals surface area contributed by atoms with Crippen LogP contribution in [0.1, 0.15) is 0 Å². The second kappa shape index (κ2) is 7.56. The number of imidazole rings is 1. The molecule has 0 spiro atoms. The van der Waals surface area contributed by atoms with Gasteiger partial charge < -0.3 is 4.90 Å². The Morgan fingerprint density at radius 1 is 0.966 bits per heavy atom. The van der Waals surface area contributed by atoms with Crippen LogP contribution in [0, 0.1) is 10.1 Å². The van der Waals surface area contributed by atoms with E-state index in [1.54, 1.807) is 29.4 Å². The van der Waals surface area contributed by atoms with E-state index in [4.69, 9.17) is 0 Å². The molecule has 0 unspecified atom stereocenters. The number of benzene rings is 1. The molecular weight excluding hydrogens is 398 g/mol. The van der Waals surface area contributed by atoms with Crippen LogP contribution in [0.15, 0.2) is 60.0 Å². The van der Waals surface area contributed by atoms with Gasteiger partial charge in [-0.25, -0.2) is 13.4 Å². The van der Waals surface area contributed by atoms with Crippen LogP contribution in [-0.4, -0.2) is 63.6 Å². The van der Waals surface area contributed by atoms with Gasteiger partial charge in [0.2, 0.25) is 10.0 Å². The van der Waals surface area contributed by atoms with Crippen molar-refractivity contribution in [1.82, 2.24) is 24.1 Å². The van der Waals surface area contributed by atoms with Crippen LogP contribution >= 0.6 is 0 Å². The van der Waals surface area contributed by atoms with E-state index < -0.39 is 20.6 Å². The summed E-state index contributed by atoms with van der Waals surface area (Å²) in [5.74, 6) is 1.26. The zero-order chi connectivity index (χ0) is 20.4. The monoisotopic (exact) mass is 415 g/mol. The predicted molar refractivity (Wildman–Crippen MR) is 103 cm³/mol. The van der Waals surface area contributed by atoms with E-state index in [9.17, 15) is 18.5 Å². The van der Waals surface area contributed by atoms with Crippen molar-refractivity contribution in [2.24, 2.45) is 0 Å². The van der Waals surface area contributed by atoms with Gasteiger partial charge in [-0.3, -0.25) is 14.7 Å². The molecule has 1 aliphatic heterocycles. The molecular formula is C17H17N7O4S. The first kappa shape index (κ1) is 19.0. The first-order chi connectivity index (χ1) is 14.0. The molecule has 1 aromatic carbocycles. The van der Waals surface area contributed by atoms with Crippen LogP contribution in [0.5, 0.6) is 0 Å². The van der Waals surface area contributed by atoms with Gasteiger partial charge in [0.25, 0.3) is 5.69 Å². The lowest BCUT2D eigenvalue weighted by molar-refractivity contribution is -0.387. The number of anilines is 1. The molecule has 4 rings (SSSR count). The highest BCUT2D eigenvalue weighted by atomic mass is 32.2. The first-order valence-corrected chi connectivity index (χ1v) is 10.2. The molecule has 0 N–H and O–H groups in total. The molecule has 11 nitrogen and oxygen atoms in total. The van der Waals surface area contributed by atoms with Gasteiger partial charge in [-0.05, 0) is 18.2 Å². The van der Waals surface area contributed by atoms with Gasteiger partial charge in [0.05, 0.1) is 4.92 Å². The lowest BCUT2D eigenvalue weighted by atomic mass is 10.3. The van der Waals surface area contributed by atoms with Crippen molar-refractivity contribution >= 4 is 21.5 Å². The summed E-state index contributed by atoms with van der Waals surface area (Å²) in [6, 6.07) is 9.00. The summed E-state index contributed by atoms with van der Waals surface area (Å²) < 4.78 is 28.8. The number of nitro benzene ring substituents is 1. The molecule has 29 heavy (non-hydrogen) atoms. The van der Waals surface area contributed by atoms with Crippen molar-refractivity contribution in [3.8, 4) is 5.82 Å². The average molecular weight is 415 g/mol. The number of aromatic nitrogens is 4. The molecule has 0 aliphatic carbocycles. The molecule has 0 amide bonds. The minimum Gasteiger partial charge on any atom is -0.352 e. The zero-order valence-electron chi connectivity index (χ0n) is 15.2. The van der Waals surface area contributed by atoms with E-state index in [1.165, 1.54) is 28.6 Å². The minimum absolute atomic E-state index is 0.194. The van der Waals surface area contributed by atoms with Gasteiger partial charge in [0.1, 0.15) is 6.33 Å². The molecule has 1 aliphatic rings. The van der Waals surface area contributed by atoms with Crippen LogP contribution in [0.4, 0.5) is 11.5 Å². The summed E-state index contributed by atoms with van der Waals surface area (Å²) in [5, 5.41) is 19.6. The molecule has 150 valence electrons. The third kappa shape index (κ3) is 3.67. The smallest absolute Gasteiger partial charge is 0.289 e. The van der Waals surface area contributed by atoms with Crippen molar-refractivity contribution in [3.63, 3.8) is 0 Å². The molecule has 3 aromatic rings. The van der Waals surface area contributed by atoms with Crippen molar-refractivity contribution in [1.29, 1.82) is 0 Å². The maximum atomic E-state index is 12.9. The normalized spacial score (nSPS) is 15.4. The molecule has 12 heteroatoms. The summed E-state index contributed by atoms with van der Waals surface area (Å²) in [4.78, 5) is 16.1. The van der Waals surface area contributed by atoms with E-state index in [-0.39, 0.29) is 18.0 Å². The topological polar surface area (TPSA) is 127 Å². The van der Waals surface area contributed by atoms with Gasteiger partial charge in [0.15, 0.2) is 16.5 Å². The fraction of sp³-hybridized carbons (Fsp3) is 0.235. The minimum atomic E-state index is -3.96. The average Bonchev–Trinajstić information content (AvgIpc) is 3.29. The number of hydrogen-bond acceptors (Lipinski definition) is 8. The molecule has 2 aromatic heterocycles. The number of nitrogens with zero attached hydrogens (tertiary/aromatic N) is 7. The number of piperazine rings is 1. The summed E-state index contributed by atoms with van der Waals surface area (Å²) in [6.45, 7) is 1.19. The number of para-hydroxylation sites is 1. The van der Waals surface area contributed by atoms with E-state index in [2.05, 4.69) is 15.2 Å². The van der Waals surface area contributed by atoms with Gasteiger partial charge in [-0.15, -0.1) is 10.2 Å². The molecule has 3 heterocycles. The van der Waals surface area contributed by atoms with Gasteiger partial charge >= 0.3 is 0 Å². The molecule has 0 bridgehead atoms. The van der Waals surface area contributed by atoms with Crippen LogP contribution in [0.25, 0.3) is 5.82 Å². The Balaban J connectivity index is 1.47. The lowest BCUT2D eigenvalue weighted by Gasteiger charge is -2.34. The maximum absolute atomic E-state index is 12.9. The highest BCUT2D eigenvalue weighted by molar-refractivity contribution is 7.89. The Morgan fingerprint density at radius 3 is 2.28 bits per heavy atom. The second-order valence-corrected chi connectivity index (χ2v) is 8.24. The van der Waals surface area contributed by atoms with Crippen molar-refractivity contribution in [2.75, 3.05) is 31.1 Å². The highest BCUT2D eigenvalue weighted by Gasteiger charge is 2.33. The van der Waals surface area contributed by atoms with Crippen molar-refractivity contribution in [3.05, 3.63) is 65.2 Å². The molecule has 0 radical (unpaired) electrons. The third-order valence-corrected chi connectivity index (χ3v) is 6.59. The van der Waals surface area contributed by atoms with Gasteiger partial charge in [0, 0.05) is 44.6 Å². The van der Waals surface area contributed by atoms with Crippen molar-refractivity contribution < 1.29 is 13.3 Å². The number of rotatable bonds is 5. The summed E-state index contributed by atoms with van der Waals surface area (Å²) >= 11 is 0. The summed E-state index contributed by atoms with van der Waals surface area (Å²) in [6.07, 6.45) is 5.03. The quantitative estimate of drug-likeness (QED) is 0.447. The van der Waals surface area contributed by atoms with Crippen molar-refractivity contribution in [2.45, 2.75) is 4.90 Å². The van der Waals surface area contributed by atoms with Crippen LogP contribution in [0.2, 0.25) is 0 Å². The lowest BCUT2D eigenvalue weighted by Crippen LogP contribution is -2.49. The Labute approximate surface area is 166 Å². The Kier molecular flexibility index (Phi) is 4.94. The zero-order valence-corrected chi connectivity index (χ0v) is 16.0. The Hall–Kier alpha value is -3.38. The molecule has 0 saturated carbocycles. The molecule has 1 fully saturated rings. The molecule has 0 atom stereocenters. The standard InChI is InChI=1S/C17H17N7O4S/c25-24(26)14-3-1-2-4-15(14)29(27,28)23-11-9-21(10-12-23)16-5-6-17(20-19-16)22-8-7-18-13-22/h1-8,13H,9-12H2. The fourth-order valence-corrected chi connectivity index (χ4v) is 4.72.